The summed E-state index contributed by atoms with van der Waals surface area (Å²) in [6.07, 6.45) is 6.09. The fraction of sp³-hybridized carbons (Fsp3) is 0.350. The molecular formula is C20H24N4O3. The number of likely N-dealkylation sites (tertiary alicyclic amines) is 1. The number of nitrogens with zero attached hydrogens (tertiary/aromatic N) is 3. The van der Waals surface area contributed by atoms with E-state index in [9.17, 15) is 4.79 Å². The first-order chi connectivity index (χ1) is 13.2. The largest absolute Gasteiger partial charge is 0.496 e. The number of hydrogen-bond acceptors (Lipinski definition) is 7. The van der Waals surface area contributed by atoms with Gasteiger partial charge in [-0.05, 0) is 24.5 Å². The van der Waals surface area contributed by atoms with Gasteiger partial charge in [-0.15, -0.1) is 0 Å². The van der Waals surface area contributed by atoms with Gasteiger partial charge in [0, 0.05) is 31.8 Å². The maximum atomic E-state index is 11.1. The molecule has 0 saturated carbocycles. The second-order valence-electron chi connectivity index (χ2n) is 6.36. The molecule has 1 aliphatic heterocycles. The van der Waals surface area contributed by atoms with Crippen LogP contribution in [0.15, 0.2) is 49.3 Å². The third-order valence-electron chi connectivity index (χ3n) is 4.51. The van der Waals surface area contributed by atoms with Gasteiger partial charge in [0.15, 0.2) is 0 Å². The van der Waals surface area contributed by atoms with Crippen molar-refractivity contribution in [2.24, 2.45) is 0 Å². The van der Waals surface area contributed by atoms with Crippen LogP contribution in [0.3, 0.4) is 0 Å². The number of ether oxygens (including phenoxy) is 2. The minimum atomic E-state index is -0.550. The number of methoxy groups -OCH3 is 1. The number of hydrogen-bond donors (Lipinski definition) is 1. The SMILES string of the molecule is C=CC(=O)Oc1cnc(N[C@@H]2CCN(CCc3ccccc3OC)C2)cn1. The van der Waals surface area contributed by atoms with Crippen LogP contribution in [0.1, 0.15) is 12.0 Å². The molecule has 0 spiro atoms. The number of rotatable bonds is 8. The highest BCUT2D eigenvalue weighted by Gasteiger charge is 2.22. The Morgan fingerprint density at radius 3 is 2.96 bits per heavy atom. The Bertz CT molecular complexity index is 779. The van der Waals surface area contributed by atoms with Crippen molar-refractivity contribution in [1.29, 1.82) is 0 Å². The maximum absolute atomic E-state index is 11.1. The first-order valence-corrected chi connectivity index (χ1v) is 8.95. The molecule has 1 fully saturated rings. The summed E-state index contributed by atoms with van der Waals surface area (Å²) in [4.78, 5) is 21.9. The molecule has 3 rings (SSSR count). The zero-order valence-corrected chi connectivity index (χ0v) is 15.4. The Kier molecular flexibility index (Phi) is 6.38. The number of esters is 1. The molecule has 1 aliphatic rings. The van der Waals surface area contributed by atoms with Gasteiger partial charge < -0.3 is 19.7 Å². The molecule has 0 radical (unpaired) electrons. The summed E-state index contributed by atoms with van der Waals surface area (Å²) in [6, 6.07) is 8.46. The zero-order chi connectivity index (χ0) is 19.1. The second-order valence-corrected chi connectivity index (χ2v) is 6.36. The highest BCUT2D eigenvalue weighted by molar-refractivity contribution is 5.83. The maximum Gasteiger partial charge on any atom is 0.336 e. The third kappa shape index (κ3) is 5.27. The molecular weight excluding hydrogens is 344 g/mol. The van der Waals surface area contributed by atoms with Gasteiger partial charge in [-0.2, -0.15) is 0 Å². The summed E-state index contributed by atoms with van der Waals surface area (Å²) in [5, 5.41) is 3.39. The number of carbonyl (C=O) groups is 1. The Morgan fingerprint density at radius 1 is 1.37 bits per heavy atom. The molecule has 0 bridgehead atoms. The molecule has 0 unspecified atom stereocenters. The van der Waals surface area contributed by atoms with Crippen LogP contribution >= 0.6 is 0 Å². The fourth-order valence-electron chi connectivity index (χ4n) is 3.14. The normalized spacial score (nSPS) is 16.7. The van der Waals surface area contributed by atoms with E-state index < -0.39 is 5.97 Å². The molecule has 0 aliphatic carbocycles. The van der Waals surface area contributed by atoms with Crippen LogP contribution in [0.25, 0.3) is 0 Å². The number of carbonyl (C=O) groups excluding carboxylic acids is 1. The minimum absolute atomic E-state index is 0.162. The van der Waals surface area contributed by atoms with E-state index >= 15 is 0 Å². The fourth-order valence-corrected chi connectivity index (χ4v) is 3.14. The first kappa shape index (κ1) is 18.8. The summed E-state index contributed by atoms with van der Waals surface area (Å²) in [5.74, 6) is 1.23. The van der Waals surface area contributed by atoms with E-state index in [1.54, 1.807) is 13.3 Å². The molecule has 1 atom stereocenters. The minimum Gasteiger partial charge on any atom is -0.496 e. The Balaban J connectivity index is 1.47. The van der Waals surface area contributed by atoms with E-state index in [2.05, 4.69) is 32.8 Å². The molecule has 2 heterocycles. The standard InChI is InChI=1S/C20H24N4O3/c1-3-20(25)27-19-13-21-18(12-22-19)23-16-9-11-24(14-16)10-8-15-6-4-5-7-17(15)26-2/h3-7,12-13,16H,1,8-11,14H2,2H3,(H,21,23)/t16-/m1/s1. The predicted octanol–water partition coefficient (Wildman–Crippen LogP) is 2.31. The Morgan fingerprint density at radius 2 is 2.22 bits per heavy atom. The van der Waals surface area contributed by atoms with Crippen molar-refractivity contribution in [2.45, 2.75) is 18.9 Å². The molecule has 142 valence electrons. The van der Waals surface area contributed by atoms with Crippen molar-refractivity contribution >= 4 is 11.8 Å². The van der Waals surface area contributed by atoms with E-state index in [4.69, 9.17) is 9.47 Å². The zero-order valence-electron chi connectivity index (χ0n) is 15.4. The molecule has 0 amide bonds. The Labute approximate surface area is 159 Å². The second kappa shape index (κ2) is 9.14. The first-order valence-electron chi connectivity index (χ1n) is 8.95. The van der Waals surface area contributed by atoms with Gasteiger partial charge in [0.2, 0.25) is 5.88 Å². The molecule has 1 aromatic heterocycles. The van der Waals surface area contributed by atoms with Gasteiger partial charge in [0.25, 0.3) is 0 Å². The van der Waals surface area contributed by atoms with Crippen LogP contribution in [0, 0.1) is 0 Å². The summed E-state index contributed by atoms with van der Waals surface area (Å²) in [5.41, 5.74) is 1.23. The molecule has 1 aromatic carbocycles. The number of benzene rings is 1. The smallest absolute Gasteiger partial charge is 0.336 e. The van der Waals surface area contributed by atoms with Crippen LogP contribution < -0.4 is 14.8 Å². The summed E-state index contributed by atoms with van der Waals surface area (Å²) in [6.45, 7) is 6.32. The highest BCUT2D eigenvalue weighted by atomic mass is 16.5. The van der Waals surface area contributed by atoms with Gasteiger partial charge in [-0.3, -0.25) is 0 Å². The lowest BCUT2D eigenvalue weighted by atomic mass is 10.1. The van der Waals surface area contributed by atoms with Crippen molar-refractivity contribution < 1.29 is 14.3 Å². The van der Waals surface area contributed by atoms with Crippen molar-refractivity contribution in [3.63, 3.8) is 0 Å². The lowest BCUT2D eigenvalue weighted by molar-refractivity contribution is -0.129. The van der Waals surface area contributed by atoms with Crippen molar-refractivity contribution in [2.75, 3.05) is 32.1 Å². The molecule has 2 aromatic rings. The average molecular weight is 368 g/mol. The number of aromatic nitrogens is 2. The van der Waals surface area contributed by atoms with Gasteiger partial charge in [0.1, 0.15) is 11.6 Å². The highest BCUT2D eigenvalue weighted by Crippen LogP contribution is 2.20. The van der Waals surface area contributed by atoms with E-state index in [0.717, 1.165) is 44.3 Å². The quantitative estimate of drug-likeness (QED) is 0.566. The lowest BCUT2D eigenvalue weighted by Gasteiger charge is -2.17. The van der Waals surface area contributed by atoms with Crippen LogP contribution in [-0.4, -0.2) is 53.6 Å². The topological polar surface area (TPSA) is 76.6 Å². The number of para-hydroxylation sites is 1. The molecule has 27 heavy (non-hydrogen) atoms. The van der Waals surface area contributed by atoms with Gasteiger partial charge in [-0.25, -0.2) is 14.8 Å². The summed E-state index contributed by atoms with van der Waals surface area (Å²) in [7, 11) is 1.71. The van der Waals surface area contributed by atoms with E-state index in [0.29, 0.717) is 11.9 Å². The van der Waals surface area contributed by atoms with Crippen LogP contribution in [0.5, 0.6) is 11.6 Å². The van der Waals surface area contributed by atoms with Crippen molar-refractivity contribution in [3.8, 4) is 11.6 Å². The van der Waals surface area contributed by atoms with Crippen LogP contribution in [0.2, 0.25) is 0 Å². The third-order valence-corrected chi connectivity index (χ3v) is 4.51. The van der Waals surface area contributed by atoms with Crippen molar-refractivity contribution in [3.05, 3.63) is 54.9 Å². The predicted molar refractivity (Wildman–Crippen MR) is 103 cm³/mol. The van der Waals surface area contributed by atoms with Gasteiger partial charge >= 0.3 is 5.97 Å². The molecule has 1 N–H and O–H groups in total. The molecule has 7 nitrogen and oxygen atoms in total. The van der Waals surface area contributed by atoms with Gasteiger partial charge in [-0.1, -0.05) is 24.8 Å². The van der Waals surface area contributed by atoms with E-state index in [-0.39, 0.29) is 5.88 Å². The monoisotopic (exact) mass is 368 g/mol. The lowest BCUT2D eigenvalue weighted by Crippen LogP contribution is -2.28. The van der Waals surface area contributed by atoms with Gasteiger partial charge in [0.05, 0.1) is 19.5 Å². The average Bonchev–Trinajstić information content (AvgIpc) is 3.15. The number of anilines is 1. The summed E-state index contributed by atoms with van der Waals surface area (Å²) < 4.78 is 10.3. The van der Waals surface area contributed by atoms with Crippen LogP contribution in [-0.2, 0) is 11.2 Å². The van der Waals surface area contributed by atoms with E-state index in [1.807, 2.05) is 18.2 Å². The Hall–Kier alpha value is -2.93. The van der Waals surface area contributed by atoms with Crippen molar-refractivity contribution in [1.82, 2.24) is 14.9 Å². The number of nitrogens with one attached hydrogen (secondary N) is 1. The molecule has 1 saturated heterocycles. The summed E-state index contributed by atoms with van der Waals surface area (Å²) >= 11 is 0. The van der Waals surface area contributed by atoms with E-state index in [1.165, 1.54) is 11.8 Å². The van der Waals surface area contributed by atoms with Crippen LogP contribution in [0.4, 0.5) is 5.82 Å². The molecule has 7 heteroatoms.